The van der Waals surface area contributed by atoms with Crippen LogP contribution in [-0.4, -0.2) is 25.7 Å². The van der Waals surface area contributed by atoms with Crippen molar-refractivity contribution < 1.29 is 4.79 Å². The standard InChI is InChI=1S/C21H25N5O/c1-6-17-9-7-8-10-19(17)24-20(27)12-18-15(4)25-26(16(18)5)21-22-13(2)11-14(3)23-21/h7-11H,6,12H2,1-5H3,(H,24,27). The molecule has 2 aromatic heterocycles. The Balaban J connectivity index is 1.85. The maximum atomic E-state index is 12.6. The van der Waals surface area contributed by atoms with Crippen molar-refractivity contribution in [3.63, 3.8) is 0 Å². The minimum absolute atomic E-state index is 0.0528. The lowest BCUT2D eigenvalue weighted by Gasteiger charge is -2.10. The Bertz CT molecular complexity index is 970. The molecule has 140 valence electrons. The third-order valence-electron chi connectivity index (χ3n) is 4.61. The van der Waals surface area contributed by atoms with Gasteiger partial charge in [0.1, 0.15) is 0 Å². The highest BCUT2D eigenvalue weighted by molar-refractivity contribution is 5.93. The fourth-order valence-electron chi connectivity index (χ4n) is 3.23. The van der Waals surface area contributed by atoms with E-state index in [4.69, 9.17) is 0 Å². The van der Waals surface area contributed by atoms with Crippen molar-refractivity contribution in [1.82, 2.24) is 19.7 Å². The molecule has 0 saturated carbocycles. The molecular formula is C21H25N5O. The number of nitrogens with zero attached hydrogens (tertiary/aromatic N) is 4. The van der Waals surface area contributed by atoms with Crippen molar-refractivity contribution in [2.75, 3.05) is 5.32 Å². The summed E-state index contributed by atoms with van der Waals surface area (Å²) in [4.78, 5) is 21.6. The summed E-state index contributed by atoms with van der Waals surface area (Å²) in [5.74, 6) is 0.485. The van der Waals surface area contributed by atoms with Gasteiger partial charge in [0.15, 0.2) is 0 Å². The van der Waals surface area contributed by atoms with E-state index < -0.39 is 0 Å². The average Bonchev–Trinajstić information content (AvgIpc) is 2.89. The van der Waals surface area contributed by atoms with E-state index in [1.165, 1.54) is 0 Å². The van der Waals surface area contributed by atoms with E-state index in [1.54, 1.807) is 4.68 Å². The van der Waals surface area contributed by atoms with Crippen LogP contribution in [0.1, 0.15) is 40.8 Å². The second kappa shape index (κ2) is 7.70. The first-order chi connectivity index (χ1) is 12.9. The number of aromatic nitrogens is 4. The molecule has 0 spiro atoms. The van der Waals surface area contributed by atoms with E-state index in [0.29, 0.717) is 5.95 Å². The van der Waals surface area contributed by atoms with E-state index in [-0.39, 0.29) is 12.3 Å². The molecule has 0 aliphatic rings. The van der Waals surface area contributed by atoms with Gasteiger partial charge in [0.2, 0.25) is 5.91 Å². The maximum Gasteiger partial charge on any atom is 0.251 e. The normalized spacial score (nSPS) is 10.9. The topological polar surface area (TPSA) is 72.7 Å². The molecule has 0 bridgehead atoms. The molecule has 0 unspecified atom stereocenters. The molecule has 1 aromatic carbocycles. The highest BCUT2D eigenvalue weighted by Crippen LogP contribution is 2.19. The summed E-state index contributed by atoms with van der Waals surface area (Å²) in [6.45, 7) is 9.80. The molecule has 0 aliphatic carbocycles. The minimum atomic E-state index is -0.0528. The number of aryl methyl sites for hydroxylation is 4. The minimum Gasteiger partial charge on any atom is -0.326 e. The lowest BCUT2D eigenvalue weighted by atomic mass is 10.1. The van der Waals surface area contributed by atoms with Gasteiger partial charge in [-0.3, -0.25) is 4.79 Å². The number of amides is 1. The summed E-state index contributed by atoms with van der Waals surface area (Å²) < 4.78 is 1.72. The quantitative estimate of drug-likeness (QED) is 0.751. The molecule has 2 heterocycles. The first-order valence-corrected chi connectivity index (χ1v) is 9.14. The largest absolute Gasteiger partial charge is 0.326 e. The Morgan fingerprint density at radius 3 is 2.41 bits per heavy atom. The van der Waals surface area contributed by atoms with Gasteiger partial charge in [-0.2, -0.15) is 5.10 Å². The van der Waals surface area contributed by atoms with E-state index in [0.717, 1.165) is 46.0 Å². The van der Waals surface area contributed by atoms with E-state index >= 15 is 0 Å². The number of hydrogen-bond donors (Lipinski definition) is 1. The van der Waals surface area contributed by atoms with E-state index in [2.05, 4.69) is 27.3 Å². The van der Waals surface area contributed by atoms with E-state index in [1.807, 2.05) is 58.0 Å². The number of rotatable bonds is 5. The number of hydrogen-bond acceptors (Lipinski definition) is 4. The van der Waals surface area contributed by atoms with Crippen molar-refractivity contribution >= 4 is 11.6 Å². The fraction of sp³-hybridized carbons (Fsp3) is 0.333. The van der Waals surface area contributed by atoms with Crippen LogP contribution in [-0.2, 0) is 17.6 Å². The smallest absolute Gasteiger partial charge is 0.251 e. The molecule has 27 heavy (non-hydrogen) atoms. The van der Waals surface area contributed by atoms with Gasteiger partial charge in [0, 0.05) is 28.3 Å². The third kappa shape index (κ3) is 4.05. The highest BCUT2D eigenvalue weighted by Gasteiger charge is 2.18. The van der Waals surface area contributed by atoms with Crippen LogP contribution in [0.4, 0.5) is 5.69 Å². The summed E-state index contributed by atoms with van der Waals surface area (Å²) >= 11 is 0. The number of benzene rings is 1. The summed E-state index contributed by atoms with van der Waals surface area (Å²) in [7, 11) is 0. The van der Waals surface area contributed by atoms with Crippen LogP contribution in [0.2, 0.25) is 0 Å². The molecule has 3 rings (SSSR count). The summed E-state index contributed by atoms with van der Waals surface area (Å²) in [5, 5.41) is 7.59. The van der Waals surface area contributed by atoms with Crippen molar-refractivity contribution in [1.29, 1.82) is 0 Å². The van der Waals surface area contributed by atoms with Gasteiger partial charge in [-0.25, -0.2) is 14.6 Å². The van der Waals surface area contributed by atoms with Crippen LogP contribution >= 0.6 is 0 Å². The molecule has 1 N–H and O–H groups in total. The zero-order valence-electron chi connectivity index (χ0n) is 16.5. The predicted octanol–water partition coefficient (Wildman–Crippen LogP) is 3.64. The second-order valence-electron chi connectivity index (χ2n) is 6.75. The molecule has 0 aliphatic heterocycles. The molecule has 0 saturated heterocycles. The van der Waals surface area contributed by atoms with Gasteiger partial charge in [0.05, 0.1) is 12.1 Å². The first-order valence-electron chi connectivity index (χ1n) is 9.14. The van der Waals surface area contributed by atoms with E-state index in [9.17, 15) is 4.79 Å². The number of para-hydroxylation sites is 1. The molecule has 6 heteroatoms. The van der Waals surface area contributed by atoms with Crippen molar-refractivity contribution in [2.24, 2.45) is 0 Å². The number of carbonyl (C=O) groups excluding carboxylic acids is 1. The van der Waals surface area contributed by atoms with Crippen molar-refractivity contribution in [3.05, 3.63) is 64.2 Å². The SMILES string of the molecule is CCc1ccccc1NC(=O)Cc1c(C)nn(-c2nc(C)cc(C)n2)c1C. The molecule has 6 nitrogen and oxygen atoms in total. The van der Waals surface area contributed by atoms with Crippen LogP contribution in [0, 0.1) is 27.7 Å². The van der Waals surface area contributed by atoms with Crippen molar-refractivity contribution in [2.45, 2.75) is 47.5 Å². The molecule has 3 aromatic rings. The van der Waals surface area contributed by atoms with Crippen molar-refractivity contribution in [3.8, 4) is 5.95 Å². The zero-order valence-corrected chi connectivity index (χ0v) is 16.5. The van der Waals surface area contributed by atoms with Crippen LogP contribution in [0.5, 0.6) is 0 Å². The van der Waals surface area contributed by atoms with Gasteiger partial charge in [0.25, 0.3) is 5.95 Å². The molecule has 0 radical (unpaired) electrons. The molecule has 0 atom stereocenters. The molecular weight excluding hydrogens is 338 g/mol. The van der Waals surface area contributed by atoms with Gasteiger partial charge < -0.3 is 5.32 Å². The molecule has 1 amide bonds. The fourth-order valence-corrected chi connectivity index (χ4v) is 3.23. The van der Waals surface area contributed by atoms with Crippen LogP contribution in [0.3, 0.4) is 0 Å². The van der Waals surface area contributed by atoms with Crippen LogP contribution < -0.4 is 5.32 Å². The van der Waals surface area contributed by atoms with Gasteiger partial charge >= 0.3 is 0 Å². The summed E-state index contributed by atoms with van der Waals surface area (Å²) in [6.07, 6.45) is 1.14. The highest BCUT2D eigenvalue weighted by atomic mass is 16.1. The van der Waals surface area contributed by atoms with Gasteiger partial charge in [-0.1, -0.05) is 25.1 Å². The third-order valence-corrected chi connectivity index (χ3v) is 4.61. The number of nitrogens with one attached hydrogen (secondary N) is 1. The number of carbonyl (C=O) groups is 1. The Morgan fingerprint density at radius 1 is 1.07 bits per heavy atom. The maximum absolute atomic E-state index is 12.6. The van der Waals surface area contributed by atoms with Crippen LogP contribution in [0.15, 0.2) is 30.3 Å². The van der Waals surface area contributed by atoms with Gasteiger partial charge in [-0.15, -0.1) is 0 Å². The van der Waals surface area contributed by atoms with Gasteiger partial charge in [-0.05, 0) is 51.8 Å². The lowest BCUT2D eigenvalue weighted by molar-refractivity contribution is -0.115. The monoisotopic (exact) mass is 363 g/mol. The Labute approximate surface area is 159 Å². The Hall–Kier alpha value is -3.02. The zero-order chi connectivity index (χ0) is 19.6. The number of anilines is 1. The second-order valence-corrected chi connectivity index (χ2v) is 6.75. The Morgan fingerprint density at radius 2 is 1.74 bits per heavy atom. The van der Waals surface area contributed by atoms with Crippen LogP contribution in [0.25, 0.3) is 5.95 Å². The lowest BCUT2D eigenvalue weighted by Crippen LogP contribution is -2.16. The Kier molecular flexibility index (Phi) is 5.35. The first kappa shape index (κ1) is 18.8. The summed E-state index contributed by atoms with van der Waals surface area (Å²) in [5.41, 5.74) is 6.37. The molecule has 0 fully saturated rings. The predicted molar refractivity (Wildman–Crippen MR) is 106 cm³/mol. The summed E-state index contributed by atoms with van der Waals surface area (Å²) in [6, 6.07) is 9.80. The average molecular weight is 363 g/mol.